The van der Waals surface area contributed by atoms with Crippen molar-refractivity contribution in [2.75, 3.05) is 0 Å². The second-order valence-corrected chi connectivity index (χ2v) is 5.23. The fourth-order valence-electron chi connectivity index (χ4n) is 1.88. The van der Waals surface area contributed by atoms with Crippen LogP contribution in [-0.2, 0) is 5.75 Å². The number of benzene rings is 2. The molecule has 1 heterocycles. The molecule has 0 radical (unpaired) electrons. The Morgan fingerprint density at radius 2 is 1.95 bits per heavy atom. The molecule has 0 spiro atoms. The van der Waals surface area contributed by atoms with Crippen LogP contribution in [0.1, 0.15) is 5.56 Å². The van der Waals surface area contributed by atoms with Gasteiger partial charge in [-0.15, -0.1) is 11.8 Å². The van der Waals surface area contributed by atoms with E-state index in [4.69, 9.17) is 0 Å². The number of aromatic amines is 1. The first-order valence-corrected chi connectivity index (χ1v) is 6.96. The zero-order valence-corrected chi connectivity index (χ0v) is 11.0. The summed E-state index contributed by atoms with van der Waals surface area (Å²) in [7, 11) is 0. The molecule has 0 saturated heterocycles. The number of H-pyrrole nitrogens is 1. The molecule has 1 aromatic heterocycles. The van der Waals surface area contributed by atoms with Crippen molar-refractivity contribution in [3.05, 3.63) is 70.8 Å². The molecule has 0 aliphatic carbocycles. The molecule has 3 aromatic rings. The molecule has 19 heavy (non-hydrogen) atoms. The average Bonchev–Trinajstić information content (AvgIpc) is 2.46. The smallest absolute Gasteiger partial charge is 0.258 e. The summed E-state index contributed by atoms with van der Waals surface area (Å²) in [4.78, 5) is 19.5. The van der Waals surface area contributed by atoms with E-state index in [0.29, 0.717) is 5.39 Å². The molecule has 1 N–H and O–H groups in total. The van der Waals surface area contributed by atoms with Crippen molar-refractivity contribution in [3.63, 3.8) is 0 Å². The first-order valence-electron chi connectivity index (χ1n) is 5.97. The predicted octanol–water partition coefficient (Wildman–Crippen LogP) is 3.22. The van der Waals surface area contributed by atoms with Crippen LogP contribution in [0.5, 0.6) is 0 Å². The number of hydrogen-bond acceptors (Lipinski definition) is 3. The molecule has 3 nitrogen and oxygen atoms in total. The summed E-state index contributed by atoms with van der Waals surface area (Å²) >= 11 is 1.74. The first-order chi connectivity index (χ1) is 9.33. The Bertz CT molecular complexity index is 753. The van der Waals surface area contributed by atoms with Crippen molar-refractivity contribution >= 4 is 22.7 Å². The first kappa shape index (κ1) is 12.0. The lowest BCUT2D eigenvalue weighted by atomic mass is 10.2. The van der Waals surface area contributed by atoms with Crippen molar-refractivity contribution in [3.8, 4) is 0 Å². The van der Waals surface area contributed by atoms with Crippen LogP contribution in [0, 0.1) is 0 Å². The van der Waals surface area contributed by atoms with Crippen LogP contribution in [0.3, 0.4) is 0 Å². The molecule has 3 rings (SSSR count). The molecular formula is C15H12N2OS. The summed E-state index contributed by atoms with van der Waals surface area (Å²) in [5.74, 6) is 0.912. The lowest BCUT2D eigenvalue weighted by Crippen LogP contribution is -2.05. The summed E-state index contributed by atoms with van der Waals surface area (Å²) in [6, 6.07) is 16.1. The highest BCUT2D eigenvalue weighted by molar-refractivity contribution is 7.98. The van der Waals surface area contributed by atoms with Crippen LogP contribution in [0.25, 0.3) is 10.9 Å². The standard InChI is InChI=1S/C15H12N2OS/c18-15-13-7-6-12(8-14(13)16-10-17-15)19-9-11-4-2-1-3-5-11/h1-8,10H,9H2,(H,16,17,18). The minimum absolute atomic E-state index is 0.0930. The number of thioether (sulfide) groups is 1. The maximum absolute atomic E-state index is 11.6. The third kappa shape index (κ3) is 2.69. The number of aromatic nitrogens is 2. The Labute approximate surface area is 114 Å². The van der Waals surface area contributed by atoms with Crippen molar-refractivity contribution in [2.45, 2.75) is 10.6 Å². The van der Waals surface area contributed by atoms with Crippen molar-refractivity contribution in [1.82, 2.24) is 9.97 Å². The second-order valence-electron chi connectivity index (χ2n) is 4.18. The lowest BCUT2D eigenvalue weighted by molar-refractivity contribution is 1.17. The zero-order valence-electron chi connectivity index (χ0n) is 10.2. The molecule has 0 bridgehead atoms. The summed E-state index contributed by atoms with van der Waals surface area (Å²) in [5, 5.41) is 0.631. The van der Waals surface area contributed by atoms with Gasteiger partial charge in [0.15, 0.2) is 0 Å². The largest absolute Gasteiger partial charge is 0.313 e. The van der Waals surface area contributed by atoms with Gasteiger partial charge in [-0.25, -0.2) is 4.98 Å². The van der Waals surface area contributed by atoms with Gasteiger partial charge in [-0.3, -0.25) is 4.79 Å². The van der Waals surface area contributed by atoms with Gasteiger partial charge in [0.05, 0.1) is 17.2 Å². The highest BCUT2D eigenvalue weighted by atomic mass is 32.2. The summed E-state index contributed by atoms with van der Waals surface area (Å²) in [5.41, 5.74) is 1.93. The van der Waals surface area contributed by atoms with E-state index < -0.39 is 0 Å². The van der Waals surface area contributed by atoms with Gasteiger partial charge in [-0.1, -0.05) is 30.3 Å². The predicted molar refractivity (Wildman–Crippen MR) is 78.4 cm³/mol. The molecule has 0 aliphatic rings. The van der Waals surface area contributed by atoms with Gasteiger partial charge >= 0.3 is 0 Å². The number of nitrogens with one attached hydrogen (secondary N) is 1. The molecule has 0 amide bonds. The minimum Gasteiger partial charge on any atom is -0.313 e. The third-order valence-corrected chi connectivity index (χ3v) is 3.93. The molecule has 0 saturated carbocycles. The van der Waals surface area contributed by atoms with Crippen LogP contribution >= 0.6 is 11.8 Å². The Morgan fingerprint density at radius 1 is 1.11 bits per heavy atom. The lowest BCUT2D eigenvalue weighted by Gasteiger charge is -2.03. The van der Waals surface area contributed by atoms with Crippen LogP contribution in [0.2, 0.25) is 0 Å². The topological polar surface area (TPSA) is 45.8 Å². The van der Waals surface area contributed by atoms with Crippen LogP contribution < -0.4 is 5.56 Å². The van der Waals surface area contributed by atoms with Crippen molar-refractivity contribution < 1.29 is 0 Å². The molecule has 0 atom stereocenters. The SMILES string of the molecule is O=c1[nH]cnc2cc(SCc3ccccc3)ccc12. The fourth-order valence-corrected chi connectivity index (χ4v) is 2.76. The highest BCUT2D eigenvalue weighted by Gasteiger charge is 2.01. The van der Waals surface area contributed by atoms with Crippen molar-refractivity contribution in [1.29, 1.82) is 0 Å². The molecular weight excluding hydrogens is 256 g/mol. The Morgan fingerprint density at radius 3 is 2.79 bits per heavy atom. The Balaban J connectivity index is 1.84. The third-order valence-electron chi connectivity index (χ3n) is 2.86. The van der Waals surface area contributed by atoms with Gasteiger partial charge in [0, 0.05) is 10.6 Å². The Hall–Kier alpha value is -2.07. The van der Waals surface area contributed by atoms with E-state index >= 15 is 0 Å². The van der Waals surface area contributed by atoms with Gasteiger partial charge in [0.1, 0.15) is 0 Å². The van der Waals surface area contributed by atoms with Crippen LogP contribution in [-0.4, -0.2) is 9.97 Å². The van der Waals surface area contributed by atoms with E-state index in [2.05, 4.69) is 22.1 Å². The number of nitrogens with zero attached hydrogens (tertiary/aromatic N) is 1. The molecule has 94 valence electrons. The van der Waals surface area contributed by atoms with E-state index in [1.807, 2.05) is 36.4 Å². The van der Waals surface area contributed by atoms with Gasteiger partial charge in [0.2, 0.25) is 0 Å². The molecule has 0 fully saturated rings. The summed E-state index contributed by atoms with van der Waals surface area (Å²) in [6.07, 6.45) is 1.44. The van der Waals surface area contributed by atoms with Gasteiger partial charge in [-0.2, -0.15) is 0 Å². The van der Waals surface area contributed by atoms with E-state index in [-0.39, 0.29) is 5.56 Å². The summed E-state index contributed by atoms with van der Waals surface area (Å²) in [6.45, 7) is 0. The average molecular weight is 268 g/mol. The van der Waals surface area contributed by atoms with Gasteiger partial charge in [-0.05, 0) is 23.8 Å². The van der Waals surface area contributed by atoms with Crippen LogP contribution in [0.15, 0.2) is 64.5 Å². The van der Waals surface area contributed by atoms with E-state index in [1.165, 1.54) is 11.9 Å². The zero-order chi connectivity index (χ0) is 13.1. The van der Waals surface area contributed by atoms with E-state index in [1.54, 1.807) is 11.8 Å². The molecule has 2 aromatic carbocycles. The van der Waals surface area contributed by atoms with Gasteiger partial charge in [0.25, 0.3) is 5.56 Å². The normalized spacial score (nSPS) is 10.7. The monoisotopic (exact) mass is 268 g/mol. The summed E-state index contributed by atoms with van der Waals surface area (Å²) < 4.78 is 0. The minimum atomic E-state index is -0.0930. The van der Waals surface area contributed by atoms with E-state index in [0.717, 1.165) is 16.2 Å². The van der Waals surface area contributed by atoms with Crippen LogP contribution in [0.4, 0.5) is 0 Å². The quantitative estimate of drug-likeness (QED) is 0.742. The van der Waals surface area contributed by atoms with Crippen molar-refractivity contribution in [2.24, 2.45) is 0 Å². The molecule has 4 heteroatoms. The molecule has 0 aliphatic heterocycles. The maximum atomic E-state index is 11.6. The number of fused-ring (bicyclic) bond motifs is 1. The Kier molecular flexibility index (Phi) is 3.33. The fraction of sp³-hybridized carbons (Fsp3) is 0.0667. The second kappa shape index (κ2) is 5.28. The van der Waals surface area contributed by atoms with E-state index in [9.17, 15) is 4.79 Å². The maximum Gasteiger partial charge on any atom is 0.258 e. The molecule has 0 unspecified atom stereocenters. The number of hydrogen-bond donors (Lipinski definition) is 1. The highest BCUT2D eigenvalue weighted by Crippen LogP contribution is 2.24. The number of rotatable bonds is 3. The van der Waals surface area contributed by atoms with Gasteiger partial charge < -0.3 is 4.98 Å².